The third-order valence-corrected chi connectivity index (χ3v) is 6.44. The largest absolute Gasteiger partial charge is 0.417 e. The number of hydrogen-bond acceptors (Lipinski definition) is 2. The first-order valence-corrected chi connectivity index (χ1v) is 12.6. The summed E-state index contributed by atoms with van der Waals surface area (Å²) in [5.74, 6) is 0.182. The highest BCUT2D eigenvalue weighted by molar-refractivity contribution is 6.34. The first-order valence-electron chi connectivity index (χ1n) is 11.8. The van der Waals surface area contributed by atoms with Crippen LogP contribution in [0.1, 0.15) is 42.4 Å². The summed E-state index contributed by atoms with van der Waals surface area (Å²) in [6.45, 7) is 0.848. The molecule has 0 aliphatic heterocycles. The summed E-state index contributed by atoms with van der Waals surface area (Å²) in [6.07, 6.45) is 0.341. The van der Waals surface area contributed by atoms with Crippen LogP contribution in [0.4, 0.5) is 13.2 Å². The third kappa shape index (κ3) is 8.79. The molecule has 2 amide bonds. The van der Waals surface area contributed by atoms with Crippen molar-refractivity contribution < 1.29 is 22.8 Å². The molecule has 0 saturated heterocycles. The minimum atomic E-state index is -4.38. The molecule has 1 saturated carbocycles. The number of carbonyl (C=O) groups is 2. The lowest BCUT2D eigenvalue weighted by atomic mass is 9.98. The van der Waals surface area contributed by atoms with E-state index < -0.39 is 11.7 Å². The summed E-state index contributed by atoms with van der Waals surface area (Å²) in [5.41, 5.74) is 1.80. The Morgan fingerprint density at radius 3 is 2.11 bits per heavy atom. The van der Waals surface area contributed by atoms with Crippen LogP contribution < -0.4 is 10.6 Å². The maximum atomic E-state index is 13.1. The van der Waals surface area contributed by atoms with Crippen LogP contribution in [0.25, 0.3) is 11.1 Å². The highest BCUT2D eigenvalue weighted by Gasteiger charge is 2.33. The van der Waals surface area contributed by atoms with Crippen molar-refractivity contribution in [2.24, 2.45) is 5.92 Å². The summed E-state index contributed by atoms with van der Waals surface area (Å²) in [7, 11) is 0. The quantitative estimate of drug-likeness (QED) is 0.301. The molecule has 2 N–H and O–H groups in total. The first-order chi connectivity index (χ1) is 17.7. The molecular formula is C28H27Cl2F3N2O2. The summed E-state index contributed by atoms with van der Waals surface area (Å²) < 4.78 is 39.4. The van der Waals surface area contributed by atoms with E-state index in [9.17, 15) is 22.8 Å². The van der Waals surface area contributed by atoms with Gasteiger partial charge in [0, 0.05) is 29.1 Å². The summed E-state index contributed by atoms with van der Waals surface area (Å²) in [4.78, 5) is 22.0. The van der Waals surface area contributed by atoms with Gasteiger partial charge in [0.1, 0.15) is 0 Å². The molecule has 0 atom stereocenters. The molecule has 3 aromatic carbocycles. The monoisotopic (exact) mass is 550 g/mol. The molecule has 37 heavy (non-hydrogen) atoms. The molecule has 9 heteroatoms. The van der Waals surface area contributed by atoms with Gasteiger partial charge in [-0.2, -0.15) is 13.2 Å². The van der Waals surface area contributed by atoms with Gasteiger partial charge in [-0.3, -0.25) is 9.59 Å². The van der Waals surface area contributed by atoms with Gasteiger partial charge in [-0.1, -0.05) is 78.5 Å². The Labute approximate surface area is 224 Å². The zero-order chi connectivity index (χ0) is 26.8. The highest BCUT2D eigenvalue weighted by atomic mass is 35.5. The number of benzene rings is 3. The summed E-state index contributed by atoms with van der Waals surface area (Å²) in [5, 5.41) is 6.59. The van der Waals surface area contributed by atoms with Crippen molar-refractivity contribution in [3.63, 3.8) is 0 Å². The summed E-state index contributed by atoms with van der Waals surface area (Å²) >= 11 is 11.5. The van der Waals surface area contributed by atoms with Gasteiger partial charge in [0.15, 0.2) is 0 Å². The van der Waals surface area contributed by atoms with Crippen molar-refractivity contribution in [3.8, 4) is 11.1 Å². The predicted molar refractivity (Wildman–Crippen MR) is 140 cm³/mol. The lowest BCUT2D eigenvalue weighted by Crippen LogP contribution is -2.28. The molecule has 0 heterocycles. The molecule has 1 aliphatic carbocycles. The number of amides is 2. The van der Waals surface area contributed by atoms with E-state index in [1.807, 2.05) is 0 Å². The van der Waals surface area contributed by atoms with E-state index in [1.54, 1.807) is 48.5 Å². The van der Waals surface area contributed by atoms with Gasteiger partial charge in [-0.15, -0.1) is 0 Å². The Morgan fingerprint density at radius 1 is 0.892 bits per heavy atom. The van der Waals surface area contributed by atoms with Gasteiger partial charge in [0.05, 0.1) is 5.56 Å². The van der Waals surface area contributed by atoms with Crippen molar-refractivity contribution in [1.82, 2.24) is 10.6 Å². The zero-order valence-corrected chi connectivity index (χ0v) is 21.5. The second kappa shape index (κ2) is 13.5. The molecule has 1 fully saturated rings. The molecule has 4 rings (SSSR count). The van der Waals surface area contributed by atoms with E-state index in [0.29, 0.717) is 35.1 Å². The Morgan fingerprint density at radius 2 is 1.51 bits per heavy atom. The molecule has 4 nitrogen and oxygen atoms in total. The van der Waals surface area contributed by atoms with E-state index in [4.69, 9.17) is 23.2 Å². The Bertz CT molecular complexity index is 1170. The van der Waals surface area contributed by atoms with Gasteiger partial charge in [0.25, 0.3) is 0 Å². The number of rotatable bonds is 7. The molecule has 0 radical (unpaired) electrons. The molecule has 196 valence electrons. The van der Waals surface area contributed by atoms with Crippen LogP contribution in [0.15, 0.2) is 66.7 Å². The normalized spacial score (nSPS) is 13.4. The second-order valence-electron chi connectivity index (χ2n) is 8.72. The zero-order valence-electron chi connectivity index (χ0n) is 20.0. The predicted octanol–water partition coefficient (Wildman–Crippen LogP) is 7.42. The Hall–Kier alpha value is -3.03. The van der Waals surface area contributed by atoms with Crippen molar-refractivity contribution in [2.45, 2.75) is 44.9 Å². The van der Waals surface area contributed by atoms with E-state index in [2.05, 4.69) is 10.6 Å². The van der Waals surface area contributed by atoms with E-state index in [-0.39, 0.29) is 17.4 Å². The molecular weight excluding hydrogens is 524 g/mol. The molecule has 0 aromatic heterocycles. The molecule has 1 aliphatic rings. The topological polar surface area (TPSA) is 58.2 Å². The standard InChI is InChI=1S/C20H20F3NO.C8H7Cl2NO/c21-20(22,23)18-8-4-3-7-17(18)15-11-9-14(10-12-15)13-24-19(25)16-5-1-2-6-16;9-7-1-6(4-11-5-12)2-8(10)3-7/h3-4,7-12,16H,1-2,5-6,13H2,(H,24,25);1-3,5H,4H2,(H,11,12). The van der Waals surface area contributed by atoms with E-state index in [1.165, 1.54) is 12.1 Å². The third-order valence-electron chi connectivity index (χ3n) is 6.00. The minimum Gasteiger partial charge on any atom is -0.355 e. The van der Waals surface area contributed by atoms with Crippen LogP contribution in [0.2, 0.25) is 10.0 Å². The molecule has 3 aromatic rings. The van der Waals surface area contributed by atoms with Gasteiger partial charge >= 0.3 is 6.18 Å². The van der Waals surface area contributed by atoms with Crippen molar-refractivity contribution >= 4 is 35.5 Å². The van der Waals surface area contributed by atoms with Crippen LogP contribution in [0.5, 0.6) is 0 Å². The van der Waals surface area contributed by atoms with Gasteiger partial charge in [0.2, 0.25) is 12.3 Å². The molecule has 0 bridgehead atoms. The van der Waals surface area contributed by atoms with Crippen LogP contribution in [-0.2, 0) is 28.9 Å². The van der Waals surface area contributed by atoms with E-state index >= 15 is 0 Å². The smallest absolute Gasteiger partial charge is 0.355 e. The number of nitrogens with one attached hydrogen (secondary N) is 2. The van der Waals surface area contributed by atoms with E-state index in [0.717, 1.165) is 42.9 Å². The fourth-order valence-electron chi connectivity index (χ4n) is 4.18. The lowest BCUT2D eigenvalue weighted by Gasteiger charge is -2.14. The van der Waals surface area contributed by atoms with Crippen molar-refractivity contribution in [1.29, 1.82) is 0 Å². The maximum Gasteiger partial charge on any atom is 0.417 e. The molecule has 0 spiro atoms. The first kappa shape index (κ1) is 28.5. The van der Waals surface area contributed by atoms with Gasteiger partial charge in [-0.25, -0.2) is 0 Å². The average Bonchev–Trinajstić information content (AvgIpc) is 3.41. The number of hydrogen-bond donors (Lipinski definition) is 2. The molecule has 0 unspecified atom stereocenters. The Balaban J connectivity index is 0.000000266. The second-order valence-corrected chi connectivity index (χ2v) is 9.59. The highest BCUT2D eigenvalue weighted by Crippen LogP contribution is 2.37. The lowest BCUT2D eigenvalue weighted by molar-refractivity contribution is -0.137. The number of carbonyl (C=O) groups excluding carboxylic acids is 2. The Kier molecular flexibility index (Phi) is 10.4. The van der Waals surface area contributed by atoms with Crippen LogP contribution in [0.3, 0.4) is 0 Å². The van der Waals surface area contributed by atoms with Crippen LogP contribution in [0, 0.1) is 5.92 Å². The van der Waals surface area contributed by atoms with Crippen LogP contribution >= 0.6 is 23.2 Å². The number of alkyl halides is 3. The fourth-order valence-corrected chi connectivity index (χ4v) is 4.75. The number of halogens is 5. The fraction of sp³-hybridized carbons (Fsp3) is 0.286. The average molecular weight is 551 g/mol. The van der Waals surface area contributed by atoms with Gasteiger partial charge < -0.3 is 10.6 Å². The minimum absolute atomic E-state index is 0.0731. The summed E-state index contributed by atoms with van der Waals surface area (Å²) in [6, 6.07) is 17.6. The van der Waals surface area contributed by atoms with Crippen molar-refractivity contribution in [3.05, 3.63) is 93.5 Å². The van der Waals surface area contributed by atoms with Crippen LogP contribution in [-0.4, -0.2) is 12.3 Å². The van der Waals surface area contributed by atoms with Gasteiger partial charge in [-0.05, 0) is 59.4 Å². The SMILES string of the molecule is O=C(NCc1ccc(-c2ccccc2C(F)(F)F)cc1)C1CCCC1.O=CNCc1cc(Cl)cc(Cl)c1. The van der Waals surface area contributed by atoms with Crippen molar-refractivity contribution in [2.75, 3.05) is 0 Å². The maximum absolute atomic E-state index is 13.1.